The molecular weight excluding hydrogens is 598 g/mol. The van der Waals surface area contributed by atoms with Gasteiger partial charge in [-0.25, -0.2) is 0 Å². The van der Waals surface area contributed by atoms with Crippen molar-refractivity contribution in [1.29, 1.82) is 0 Å². The molecule has 0 aliphatic carbocycles. The molecule has 1 aliphatic rings. The molecule has 0 aromatic heterocycles. The Labute approximate surface area is 284 Å². The fourth-order valence-corrected chi connectivity index (χ4v) is 5.34. The number of rotatable bonds is 28. The summed E-state index contributed by atoms with van der Waals surface area (Å²) in [4.78, 5) is 12.8. The predicted octanol–water partition coefficient (Wildman–Crippen LogP) is 5.94. The molecular formula is C38H67NO8. The first-order valence-electron chi connectivity index (χ1n) is 18.4. The van der Waals surface area contributed by atoms with Crippen molar-refractivity contribution in [3.63, 3.8) is 0 Å². The van der Waals surface area contributed by atoms with Crippen molar-refractivity contribution in [3.8, 4) is 0 Å². The van der Waals surface area contributed by atoms with E-state index in [0.29, 0.717) is 6.42 Å². The maximum atomic E-state index is 12.8. The molecule has 0 aromatic carbocycles. The molecule has 1 aliphatic heterocycles. The van der Waals surface area contributed by atoms with Crippen molar-refractivity contribution in [1.82, 2.24) is 5.32 Å². The van der Waals surface area contributed by atoms with Gasteiger partial charge in [0.15, 0.2) is 6.29 Å². The van der Waals surface area contributed by atoms with Crippen molar-refractivity contribution in [2.24, 2.45) is 0 Å². The van der Waals surface area contributed by atoms with Gasteiger partial charge in [-0.2, -0.15) is 0 Å². The maximum absolute atomic E-state index is 12.8. The van der Waals surface area contributed by atoms with Gasteiger partial charge in [0.2, 0.25) is 5.91 Å². The normalized spacial score (nSPS) is 23.4. The van der Waals surface area contributed by atoms with Gasteiger partial charge in [-0.1, -0.05) is 120 Å². The molecule has 6 N–H and O–H groups in total. The van der Waals surface area contributed by atoms with Crippen LogP contribution < -0.4 is 5.32 Å². The number of amides is 1. The Morgan fingerprint density at radius 1 is 0.723 bits per heavy atom. The minimum Gasteiger partial charge on any atom is -0.394 e. The maximum Gasteiger partial charge on any atom is 0.220 e. The lowest BCUT2D eigenvalue weighted by Crippen LogP contribution is -2.60. The lowest BCUT2D eigenvalue weighted by molar-refractivity contribution is -0.302. The van der Waals surface area contributed by atoms with Crippen LogP contribution in [0.5, 0.6) is 0 Å². The van der Waals surface area contributed by atoms with Crippen molar-refractivity contribution in [3.05, 3.63) is 48.6 Å². The lowest BCUT2D eigenvalue weighted by Gasteiger charge is -2.40. The van der Waals surface area contributed by atoms with Crippen LogP contribution >= 0.6 is 0 Å². The van der Waals surface area contributed by atoms with E-state index in [-0.39, 0.29) is 18.9 Å². The summed E-state index contributed by atoms with van der Waals surface area (Å²) in [7, 11) is 0. The first-order valence-corrected chi connectivity index (χ1v) is 18.4. The van der Waals surface area contributed by atoms with Gasteiger partial charge in [-0.3, -0.25) is 4.79 Å². The Bertz CT molecular complexity index is 874. The van der Waals surface area contributed by atoms with Crippen molar-refractivity contribution < 1.29 is 39.8 Å². The minimum atomic E-state index is -1.58. The predicted molar refractivity (Wildman–Crippen MR) is 189 cm³/mol. The Morgan fingerprint density at radius 2 is 1.28 bits per heavy atom. The fraction of sp³-hybridized carbons (Fsp3) is 0.763. The third-order valence-corrected chi connectivity index (χ3v) is 8.39. The highest BCUT2D eigenvalue weighted by atomic mass is 16.7. The molecule has 0 saturated carbocycles. The van der Waals surface area contributed by atoms with Crippen LogP contribution in [0.2, 0.25) is 0 Å². The second kappa shape index (κ2) is 29.1. The highest BCUT2D eigenvalue weighted by Gasteiger charge is 2.44. The zero-order valence-corrected chi connectivity index (χ0v) is 29.3. The van der Waals surface area contributed by atoms with Gasteiger partial charge < -0.3 is 40.3 Å². The number of hydrogen-bond acceptors (Lipinski definition) is 8. The molecule has 47 heavy (non-hydrogen) atoms. The van der Waals surface area contributed by atoms with E-state index in [1.165, 1.54) is 70.6 Å². The molecule has 1 rings (SSSR count). The number of nitrogens with one attached hydrogen (secondary N) is 1. The molecule has 0 bridgehead atoms. The van der Waals surface area contributed by atoms with Crippen LogP contribution in [0.1, 0.15) is 129 Å². The molecule has 0 spiro atoms. The summed E-state index contributed by atoms with van der Waals surface area (Å²) in [6, 6.07) is -0.848. The van der Waals surface area contributed by atoms with E-state index < -0.39 is 49.5 Å². The van der Waals surface area contributed by atoms with Crippen LogP contribution in [0.3, 0.4) is 0 Å². The number of allylic oxidation sites excluding steroid dienone is 7. The topological polar surface area (TPSA) is 149 Å². The number of ether oxygens (including phenoxy) is 2. The molecule has 272 valence electrons. The Hall–Kier alpha value is -1.85. The summed E-state index contributed by atoms with van der Waals surface area (Å²) in [5, 5.41) is 53.7. The second-order valence-electron chi connectivity index (χ2n) is 12.6. The highest BCUT2D eigenvalue weighted by molar-refractivity contribution is 5.76. The van der Waals surface area contributed by atoms with Gasteiger partial charge in [0.25, 0.3) is 0 Å². The highest BCUT2D eigenvalue weighted by Crippen LogP contribution is 2.22. The van der Waals surface area contributed by atoms with Gasteiger partial charge in [0.1, 0.15) is 24.4 Å². The largest absolute Gasteiger partial charge is 0.394 e. The van der Waals surface area contributed by atoms with Crippen LogP contribution in [0.25, 0.3) is 0 Å². The van der Waals surface area contributed by atoms with Gasteiger partial charge >= 0.3 is 0 Å². The van der Waals surface area contributed by atoms with Crippen LogP contribution in [-0.2, 0) is 14.3 Å². The van der Waals surface area contributed by atoms with Crippen LogP contribution in [0.4, 0.5) is 0 Å². The van der Waals surface area contributed by atoms with Crippen molar-refractivity contribution >= 4 is 5.91 Å². The van der Waals surface area contributed by atoms with E-state index in [4.69, 9.17) is 9.47 Å². The minimum absolute atomic E-state index is 0.225. The zero-order chi connectivity index (χ0) is 34.5. The molecule has 1 heterocycles. The third kappa shape index (κ3) is 21.0. The molecule has 1 amide bonds. The monoisotopic (exact) mass is 665 g/mol. The number of aliphatic hydroxyl groups is 5. The van der Waals surface area contributed by atoms with Gasteiger partial charge in [0.05, 0.1) is 25.4 Å². The Kier molecular flexibility index (Phi) is 26.7. The SMILES string of the molecule is CCCCCCC/C=C/CC/C=C/C(O)C(COC1OC(CO)C(O)C(O)C1O)NC(=O)CC/C=C\C/C=C\CCCCCCCC. The average molecular weight is 666 g/mol. The average Bonchev–Trinajstić information content (AvgIpc) is 3.07. The van der Waals surface area contributed by atoms with Crippen LogP contribution in [-0.4, -0.2) is 87.5 Å². The third-order valence-electron chi connectivity index (χ3n) is 8.39. The standard InChI is InChI=1S/C38H67NO8/c1-3-5-7-9-11-13-15-16-18-20-22-24-26-28-34(42)39-31(30-46-38-37(45)36(44)35(43)33(29-40)47-38)32(41)27-25-23-21-19-17-14-12-10-8-6-4-2/h16-19,22,24-25,27,31-33,35-38,40-41,43-45H,3-15,20-21,23,26,28-30H2,1-2H3,(H,39,42)/b18-16-,19-17+,24-22-,27-25+. The zero-order valence-electron chi connectivity index (χ0n) is 29.3. The fourth-order valence-electron chi connectivity index (χ4n) is 5.34. The molecule has 1 fully saturated rings. The number of aliphatic hydroxyl groups excluding tert-OH is 5. The van der Waals surface area contributed by atoms with Crippen LogP contribution in [0.15, 0.2) is 48.6 Å². The number of hydrogen-bond donors (Lipinski definition) is 6. The quantitative estimate of drug-likeness (QED) is 0.0445. The number of unbranched alkanes of at least 4 members (excludes halogenated alkanes) is 12. The summed E-state index contributed by atoms with van der Waals surface area (Å²) < 4.78 is 11.1. The molecule has 9 nitrogen and oxygen atoms in total. The first-order chi connectivity index (χ1) is 22.8. The Balaban J connectivity index is 2.56. The smallest absolute Gasteiger partial charge is 0.220 e. The van der Waals surface area contributed by atoms with Crippen molar-refractivity contribution in [2.45, 2.75) is 172 Å². The summed E-state index contributed by atoms with van der Waals surface area (Å²) in [6.07, 6.45) is 27.4. The van der Waals surface area contributed by atoms with E-state index in [9.17, 15) is 30.3 Å². The summed E-state index contributed by atoms with van der Waals surface area (Å²) in [6.45, 7) is 3.64. The van der Waals surface area contributed by atoms with E-state index in [1.54, 1.807) is 6.08 Å². The van der Waals surface area contributed by atoms with Gasteiger partial charge in [0, 0.05) is 6.42 Å². The number of carbonyl (C=O) groups excluding carboxylic acids is 1. The molecule has 9 heteroatoms. The summed E-state index contributed by atoms with van der Waals surface area (Å²) in [5.41, 5.74) is 0. The lowest BCUT2D eigenvalue weighted by atomic mass is 9.99. The van der Waals surface area contributed by atoms with E-state index in [1.807, 2.05) is 18.2 Å². The van der Waals surface area contributed by atoms with E-state index >= 15 is 0 Å². The first kappa shape index (κ1) is 43.2. The second-order valence-corrected chi connectivity index (χ2v) is 12.6. The van der Waals surface area contributed by atoms with Crippen LogP contribution in [0, 0.1) is 0 Å². The van der Waals surface area contributed by atoms with Gasteiger partial charge in [-0.05, 0) is 51.4 Å². The van der Waals surface area contributed by atoms with Gasteiger partial charge in [-0.15, -0.1) is 0 Å². The molecule has 0 radical (unpaired) electrons. The molecule has 7 atom stereocenters. The number of carbonyl (C=O) groups is 1. The van der Waals surface area contributed by atoms with E-state index in [0.717, 1.165) is 32.1 Å². The Morgan fingerprint density at radius 3 is 1.91 bits per heavy atom. The van der Waals surface area contributed by atoms with Crippen molar-refractivity contribution in [2.75, 3.05) is 13.2 Å². The molecule has 1 saturated heterocycles. The van der Waals surface area contributed by atoms with E-state index in [2.05, 4.69) is 43.5 Å². The molecule has 7 unspecified atom stereocenters. The summed E-state index contributed by atoms with van der Waals surface area (Å²) >= 11 is 0. The summed E-state index contributed by atoms with van der Waals surface area (Å²) in [5.74, 6) is -0.259. The molecule has 0 aromatic rings.